The van der Waals surface area contributed by atoms with Gasteiger partial charge in [-0.1, -0.05) is 12.5 Å². The standard InChI is InChI=1S/C14H19NO4/c1-10-6-7-11(9-12(10)16)14(19)15-8-4-2-3-5-13(17)18/h6-7,9,16H,2-5,8H2,1H3,(H,15,19)(H,17,18). The van der Waals surface area contributed by atoms with E-state index in [1.54, 1.807) is 19.1 Å². The van der Waals surface area contributed by atoms with E-state index in [0.29, 0.717) is 18.5 Å². The number of nitrogens with one attached hydrogen (secondary N) is 1. The summed E-state index contributed by atoms with van der Waals surface area (Å²) >= 11 is 0. The van der Waals surface area contributed by atoms with Crippen molar-refractivity contribution in [2.24, 2.45) is 0 Å². The Bertz CT molecular complexity index is 457. The van der Waals surface area contributed by atoms with Gasteiger partial charge < -0.3 is 15.5 Å². The summed E-state index contributed by atoms with van der Waals surface area (Å²) in [6.45, 7) is 2.27. The number of aromatic hydroxyl groups is 1. The Morgan fingerprint density at radius 3 is 2.58 bits per heavy atom. The fraction of sp³-hybridized carbons (Fsp3) is 0.429. The number of amides is 1. The highest BCUT2D eigenvalue weighted by Crippen LogP contribution is 2.17. The third-order valence-electron chi connectivity index (χ3n) is 2.82. The molecular formula is C14H19NO4. The van der Waals surface area contributed by atoms with E-state index in [1.807, 2.05) is 0 Å². The molecule has 0 aliphatic heterocycles. The molecule has 1 aromatic carbocycles. The normalized spacial score (nSPS) is 10.2. The van der Waals surface area contributed by atoms with Gasteiger partial charge in [0.05, 0.1) is 0 Å². The first-order valence-corrected chi connectivity index (χ1v) is 6.30. The molecule has 0 unspecified atom stereocenters. The van der Waals surface area contributed by atoms with E-state index in [2.05, 4.69) is 5.32 Å². The molecule has 1 aromatic rings. The van der Waals surface area contributed by atoms with Crippen LogP contribution in [0.2, 0.25) is 0 Å². The fourth-order valence-corrected chi connectivity index (χ4v) is 1.63. The summed E-state index contributed by atoms with van der Waals surface area (Å²) in [5.74, 6) is -0.915. The molecule has 0 aromatic heterocycles. The summed E-state index contributed by atoms with van der Waals surface area (Å²) in [4.78, 5) is 22.0. The number of benzene rings is 1. The number of hydrogen-bond acceptors (Lipinski definition) is 3. The van der Waals surface area contributed by atoms with E-state index < -0.39 is 5.97 Å². The van der Waals surface area contributed by atoms with Gasteiger partial charge in [-0.05, 0) is 37.5 Å². The Balaban J connectivity index is 2.27. The summed E-state index contributed by atoms with van der Waals surface area (Å²) in [7, 11) is 0. The number of carbonyl (C=O) groups excluding carboxylic acids is 1. The average molecular weight is 265 g/mol. The van der Waals surface area contributed by atoms with Crippen molar-refractivity contribution >= 4 is 11.9 Å². The molecule has 1 amide bonds. The Kier molecular flexibility index (Phi) is 5.85. The van der Waals surface area contributed by atoms with E-state index in [1.165, 1.54) is 6.07 Å². The highest BCUT2D eigenvalue weighted by molar-refractivity contribution is 5.94. The average Bonchev–Trinajstić information content (AvgIpc) is 2.36. The maximum absolute atomic E-state index is 11.7. The topological polar surface area (TPSA) is 86.6 Å². The minimum absolute atomic E-state index is 0.106. The van der Waals surface area contributed by atoms with E-state index in [0.717, 1.165) is 18.4 Å². The molecule has 0 aliphatic rings. The maximum Gasteiger partial charge on any atom is 0.303 e. The molecule has 0 saturated heterocycles. The zero-order chi connectivity index (χ0) is 14.3. The van der Waals surface area contributed by atoms with Crippen molar-refractivity contribution in [1.82, 2.24) is 5.32 Å². The van der Waals surface area contributed by atoms with Crippen molar-refractivity contribution in [3.8, 4) is 5.75 Å². The van der Waals surface area contributed by atoms with Crippen molar-refractivity contribution in [3.63, 3.8) is 0 Å². The van der Waals surface area contributed by atoms with Gasteiger partial charge in [-0.15, -0.1) is 0 Å². The lowest BCUT2D eigenvalue weighted by atomic mass is 10.1. The summed E-state index contributed by atoms with van der Waals surface area (Å²) < 4.78 is 0. The van der Waals surface area contributed by atoms with E-state index >= 15 is 0 Å². The van der Waals surface area contributed by atoms with Gasteiger partial charge in [0.1, 0.15) is 5.75 Å². The molecule has 0 aliphatic carbocycles. The van der Waals surface area contributed by atoms with Crippen LogP contribution in [0, 0.1) is 6.92 Å². The number of unbranched alkanes of at least 4 members (excludes halogenated alkanes) is 2. The third kappa shape index (κ3) is 5.42. The van der Waals surface area contributed by atoms with Crippen molar-refractivity contribution in [2.75, 3.05) is 6.54 Å². The predicted octanol–water partition coefficient (Wildman–Crippen LogP) is 2.08. The number of rotatable bonds is 7. The lowest BCUT2D eigenvalue weighted by Crippen LogP contribution is -2.24. The number of carbonyl (C=O) groups is 2. The van der Waals surface area contributed by atoms with Crippen LogP contribution in [0.1, 0.15) is 41.6 Å². The first-order valence-electron chi connectivity index (χ1n) is 6.30. The SMILES string of the molecule is Cc1ccc(C(=O)NCCCCCC(=O)O)cc1O. The van der Waals surface area contributed by atoms with E-state index in [4.69, 9.17) is 5.11 Å². The molecule has 0 fully saturated rings. The quantitative estimate of drug-likeness (QED) is 0.659. The van der Waals surface area contributed by atoms with Crippen LogP contribution in [0.4, 0.5) is 0 Å². The molecule has 0 atom stereocenters. The van der Waals surface area contributed by atoms with Gasteiger partial charge in [0, 0.05) is 18.5 Å². The molecule has 3 N–H and O–H groups in total. The second-order valence-electron chi connectivity index (χ2n) is 4.46. The molecule has 0 saturated carbocycles. The predicted molar refractivity (Wildman–Crippen MR) is 71.3 cm³/mol. The van der Waals surface area contributed by atoms with Crippen LogP contribution in [0.15, 0.2) is 18.2 Å². The Morgan fingerprint density at radius 2 is 1.95 bits per heavy atom. The van der Waals surface area contributed by atoms with Crippen molar-refractivity contribution in [2.45, 2.75) is 32.6 Å². The Morgan fingerprint density at radius 1 is 1.21 bits per heavy atom. The molecule has 1 rings (SSSR count). The largest absolute Gasteiger partial charge is 0.508 e. The first-order chi connectivity index (χ1) is 9.00. The van der Waals surface area contributed by atoms with Crippen LogP contribution in [0.5, 0.6) is 5.75 Å². The molecular weight excluding hydrogens is 246 g/mol. The molecule has 104 valence electrons. The number of carboxylic acids is 1. The zero-order valence-electron chi connectivity index (χ0n) is 11.0. The maximum atomic E-state index is 11.7. The van der Waals surface area contributed by atoms with Gasteiger partial charge in [0.15, 0.2) is 0 Å². The third-order valence-corrected chi connectivity index (χ3v) is 2.82. The smallest absolute Gasteiger partial charge is 0.303 e. The number of hydrogen-bond donors (Lipinski definition) is 3. The Labute approximate surface area is 112 Å². The fourth-order valence-electron chi connectivity index (χ4n) is 1.63. The lowest BCUT2D eigenvalue weighted by molar-refractivity contribution is -0.137. The van der Waals surface area contributed by atoms with Crippen LogP contribution >= 0.6 is 0 Å². The van der Waals surface area contributed by atoms with Crippen LogP contribution in [0.3, 0.4) is 0 Å². The summed E-state index contributed by atoms with van der Waals surface area (Å²) in [6.07, 6.45) is 2.30. The number of carboxylic acid groups (broad SMARTS) is 1. The minimum Gasteiger partial charge on any atom is -0.508 e. The molecule has 0 heterocycles. The van der Waals surface area contributed by atoms with Crippen LogP contribution in [-0.4, -0.2) is 28.6 Å². The molecule has 5 heteroatoms. The van der Waals surface area contributed by atoms with Crippen molar-refractivity contribution in [3.05, 3.63) is 29.3 Å². The lowest BCUT2D eigenvalue weighted by Gasteiger charge is -2.06. The van der Waals surface area contributed by atoms with Gasteiger partial charge in [-0.3, -0.25) is 9.59 Å². The number of aliphatic carboxylic acids is 1. The molecule has 0 bridgehead atoms. The second kappa shape index (κ2) is 7.41. The van der Waals surface area contributed by atoms with Gasteiger partial charge in [-0.2, -0.15) is 0 Å². The molecule has 0 radical (unpaired) electrons. The minimum atomic E-state index is -0.792. The van der Waals surface area contributed by atoms with Crippen molar-refractivity contribution in [1.29, 1.82) is 0 Å². The van der Waals surface area contributed by atoms with Crippen molar-refractivity contribution < 1.29 is 19.8 Å². The molecule has 5 nitrogen and oxygen atoms in total. The van der Waals surface area contributed by atoms with E-state index in [-0.39, 0.29) is 18.1 Å². The number of aryl methyl sites for hydroxylation is 1. The summed E-state index contributed by atoms with van der Waals surface area (Å²) in [5, 5.41) is 20.7. The van der Waals surface area contributed by atoms with Crippen LogP contribution in [0.25, 0.3) is 0 Å². The van der Waals surface area contributed by atoms with E-state index in [9.17, 15) is 14.7 Å². The summed E-state index contributed by atoms with van der Waals surface area (Å²) in [5.41, 5.74) is 1.15. The van der Waals surface area contributed by atoms with Gasteiger partial charge >= 0.3 is 5.97 Å². The first kappa shape index (κ1) is 15.0. The highest BCUT2D eigenvalue weighted by atomic mass is 16.4. The Hall–Kier alpha value is -2.04. The molecule has 19 heavy (non-hydrogen) atoms. The van der Waals surface area contributed by atoms with Gasteiger partial charge in [-0.25, -0.2) is 0 Å². The monoisotopic (exact) mass is 265 g/mol. The van der Waals surface area contributed by atoms with Gasteiger partial charge in [0.2, 0.25) is 0 Å². The second-order valence-corrected chi connectivity index (χ2v) is 4.46. The highest BCUT2D eigenvalue weighted by Gasteiger charge is 2.06. The number of phenols is 1. The number of phenolic OH excluding ortho intramolecular Hbond substituents is 1. The molecule has 0 spiro atoms. The summed E-state index contributed by atoms with van der Waals surface area (Å²) in [6, 6.07) is 4.79. The van der Waals surface area contributed by atoms with Gasteiger partial charge in [0.25, 0.3) is 5.91 Å². The van der Waals surface area contributed by atoms with Crippen LogP contribution < -0.4 is 5.32 Å². The zero-order valence-corrected chi connectivity index (χ0v) is 11.0. The van der Waals surface area contributed by atoms with Crippen LogP contribution in [-0.2, 0) is 4.79 Å².